The first-order valence-electron chi connectivity index (χ1n) is 8.73. The van der Waals surface area contributed by atoms with Crippen LogP contribution in [0.4, 0.5) is 0 Å². The Morgan fingerprint density at radius 2 is 1.86 bits per heavy atom. The molecule has 1 saturated heterocycles. The third-order valence-electron chi connectivity index (χ3n) is 4.30. The highest BCUT2D eigenvalue weighted by atomic mass is 35.5. The molecular weight excluding hydrogens is 412 g/mol. The van der Waals surface area contributed by atoms with Crippen LogP contribution in [0.2, 0.25) is 5.02 Å². The number of hydrogen-bond donors (Lipinski definition) is 0. The Bertz CT molecular complexity index is 931. The Kier molecular flexibility index (Phi) is 6.88. The van der Waals surface area contributed by atoms with E-state index < -0.39 is 0 Å². The molecular formula is C21H19ClN2O2S2. The summed E-state index contributed by atoms with van der Waals surface area (Å²) >= 11 is 12.7. The fraction of sp³-hybridized carbons (Fsp3) is 0.190. The summed E-state index contributed by atoms with van der Waals surface area (Å²) < 4.78 is 0.460. The van der Waals surface area contributed by atoms with Crippen molar-refractivity contribution in [3.63, 3.8) is 0 Å². The van der Waals surface area contributed by atoms with Gasteiger partial charge in [-0.15, -0.1) is 0 Å². The number of thioether (sulfide) groups is 1. The Balaban J connectivity index is 1.60. The minimum absolute atomic E-state index is 0.0343. The van der Waals surface area contributed by atoms with Crippen molar-refractivity contribution in [1.29, 1.82) is 0 Å². The van der Waals surface area contributed by atoms with Crippen molar-refractivity contribution < 1.29 is 9.59 Å². The standard InChI is InChI=1S/C21H19ClN2O2S2/c1-23(14-15-7-3-2-4-8-15)19(25)11-12-24-20(26)18(28-21(24)27)13-16-9-5-6-10-17(16)22/h2-10,13H,11-12,14H2,1H3/b18-13+. The maximum Gasteiger partial charge on any atom is 0.266 e. The SMILES string of the molecule is CN(Cc1ccccc1)C(=O)CCN1C(=O)/C(=C\c2ccccc2Cl)SC1=S. The number of hydrogen-bond acceptors (Lipinski definition) is 4. The van der Waals surface area contributed by atoms with Crippen LogP contribution in [0, 0.1) is 0 Å². The first-order valence-corrected chi connectivity index (χ1v) is 10.3. The molecule has 7 heteroatoms. The number of nitrogens with zero attached hydrogens (tertiary/aromatic N) is 2. The second-order valence-corrected chi connectivity index (χ2v) is 8.42. The number of amides is 2. The second-order valence-electron chi connectivity index (χ2n) is 6.34. The first kappa shape index (κ1) is 20.6. The minimum Gasteiger partial charge on any atom is -0.341 e. The summed E-state index contributed by atoms with van der Waals surface area (Å²) in [5.41, 5.74) is 1.83. The highest BCUT2D eigenvalue weighted by Gasteiger charge is 2.32. The van der Waals surface area contributed by atoms with Crippen LogP contribution in [0.3, 0.4) is 0 Å². The molecule has 0 radical (unpaired) electrons. The summed E-state index contributed by atoms with van der Waals surface area (Å²) in [4.78, 5) is 28.8. The van der Waals surface area contributed by atoms with Crippen molar-refractivity contribution in [2.24, 2.45) is 0 Å². The van der Waals surface area contributed by atoms with Crippen molar-refractivity contribution in [3.05, 3.63) is 75.7 Å². The molecule has 0 aliphatic carbocycles. The van der Waals surface area contributed by atoms with Crippen LogP contribution in [0.1, 0.15) is 17.5 Å². The monoisotopic (exact) mass is 430 g/mol. The Morgan fingerprint density at radius 3 is 2.57 bits per heavy atom. The lowest BCUT2D eigenvalue weighted by Crippen LogP contribution is -2.34. The molecule has 1 heterocycles. The molecule has 0 aromatic heterocycles. The van der Waals surface area contributed by atoms with Crippen LogP contribution >= 0.6 is 35.6 Å². The third kappa shape index (κ3) is 5.01. The van der Waals surface area contributed by atoms with Gasteiger partial charge in [0.1, 0.15) is 4.32 Å². The Morgan fingerprint density at radius 1 is 1.18 bits per heavy atom. The van der Waals surface area contributed by atoms with Gasteiger partial charge in [-0.2, -0.15) is 0 Å². The summed E-state index contributed by atoms with van der Waals surface area (Å²) in [5.74, 6) is -0.221. The number of rotatable bonds is 6. The highest BCUT2D eigenvalue weighted by Crippen LogP contribution is 2.33. The van der Waals surface area contributed by atoms with E-state index in [1.54, 1.807) is 24.1 Å². The molecule has 1 fully saturated rings. The van der Waals surface area contributed by atoms with E-state index in [1.165, 1.54) is 16.7 Å². The number of carbonyl (C=O) groups is 2. The lowest BCUT2D eigenvalue weighted by molar-refractivity contribution is -0.131. The van der Waals surface area contributed by atoms with Gasteiger partial charge in [-0.3, -0.25) is 14.5 Å². The van der Waals surface area contributed by atoms with Crippen LogP contribution in [-0.2, 0) is 16.1 Å². The lowest BCUT2D eigenvalue weighted by atomic mass is 10.2. The zero-order valence-electron chi connectivity index (χ0n) is 15.3. The van der Waals surface area contributed by atoms with Gasteiger partial charge < -0.3 is 4.90 Å². The fourth-order valence-corrected chi connectivity index (χ4v) is 4.26. The van der Waals surface area contributed by atoms with Crippen molar-refractivity contribution in [2.75, 3.05) is 13.6 Å². The predicted molar refractivity (Wildman–Crippen MR) is 119 cm³/mol. The summed E-state index contributed by atoms with van der Waals surface area (Å²) in [6.45, 7) is 0.799. The molecule has 1 aliphatic rings. The Labute approximate surface area is 179 Å². The number of halogens is 1. The molecule has 0 atom stereocenters. The smallest absolute Gasteiger partial charge is 0.266 e. The minimum atomic E-state index is -0.187. The molecule has 28 heavy (non-hydrogen) atoms. The number of benzene rings is 2. The van der Waals surface area contributed by atoms with E-state index in [2.05, 4.69) is 0 Å². The van der Waals surface area contributed by atoms with Crippen LogP contribution in [-0.4, -0.2) is 39.5 Å². The Hall–Kier alpha value is -2.15. The summed E-state index contributed by atoms with van der Waals surface area (Å²) in [6, 6.07) is 17.1. The van der Waals surface area contributed by atoms with Gasteiger partial charge in [-0.25, -0.2) is 0 Å². The van der Waals surface area contributed by atoms with Gasteiger partial charge in [0.15, 0.2) is 0 Å². The van der Waals surface area contributed by atoms with Crippen LogP contribution < -0.4 is 0 Å². The maximum absolute atomic E-state index is 12.7. The van der Waals surface area contributed by atoms with Gasteiger partial charge in [0, 0.05) is 31.6 Å². The molecule has 0 unspecified atom stereocenters. The van der Waals surface area contributed by atoms with E-state index in [9.17, 15) is 9.59 Å². The fourth-order valence-electron chi connectivity index (χ4n) is 2.77. The lowest BCUT2D eigenvalue weighted by Gasteiger charge is -2.19. The van der Waals surface area contributed by atoms with E-state index in [0.717, 1.165) is 11.1 Å². The topological polar surface area (TPSA) is 40.6 Å². The molecule has 4 nitrogen and oxygen atoms in total. The summed E-state index contributed by atoms with van der Waals surface area (Å²) in [6.07, 6.45) is 1.96. The molecule has 0 N–H and O–H groups in total. The zero-order chi connectivity index (χ0) is 20.1. The van der Waals surface area contributed by atoms with Gasteiger partial charge in [0.05, 0.1) is 4.91 Å². The van der Waals surface area contributed by atoms with Crippen molar-refractivity contribution in [2.45, 2.75) is 13.0 Å². The third-order valence-corrected chi connectivity index (χ3v) is 6.02. The van der Waals surface area contributed by atoms with E-state index in [1.807, 2.05) is 48.5 Å². The van der Waals surface area contributed by atoms with E-state index in [-0.39, 0.29) is 24.8 Å². The van der Waals surface area contributed by atoms with Crippen molar-refractivity contribution >= 4 is 57.8 Å². The van der Waals surface area contributed by atoms with E-state index in [4.69, 9.17) is 23.8 Å². The quantitative estimate of drug-likeness (QED) is 0.496. The normalized spacial score (nSPS) is 15.4. The molecule has 0 spiro atoms. The summed E-state index contributed by atoms with van der Waals surface area (Å²) in [7, 11) is 1.76. The average Bonchev–Trinajstić information content (AvgIpc) is 2.95. The maximum atomic E-state index is 12.7. The molecule has 2 aromatic rings. The molecule has 1 aliphatic heterocycles. The van der Waals surface area contributed by atoms with Gasteiger partial charge >= 0.3 is 0 Å². The van der Waals surface area contributed by atoms with Crippen molar-refractivity contribution in [1.82, 2.24) is 9.80 Å². The van der Waals surface area contributed by atoms with Crippen molar-refractivity contribution in [3.8, 4) is 0 Å². The second kappa shape index (κ2) is 9.37. The first-order chi connectivity index (χ1) is 13.5. The highest BCUT2D eigenvalue weighted by molar-refractivity contribution is 8.26. The van der Waals surface area contributed by atoms with Crippen LogP contribution in [0.15, 0.2) is 59.5 Å². The predicted octanol–water partition coefficient (Wildman–Crippen LogP) is 4.59. The molecule has 0 saturated carbocycles. The van der Waals surface area contributed by atoms with Gasteiger partial charge in [-0.1, -0.05) is 84.1 Å². The zero-order valence-corrected chi connectivity index (χ0v) is 17.7. The molecule has 3 rings (SSSR count). The molecule has 2 amide bonds. The van der Waals surface area contributed by atoms with E-state index >= 15 is 0 Å². The molecule has 144 valence electrons. The average molecular weight is 431 g/mol. The van der Waals surface area contributed by atoms with Gasteiger partial charge in [-0.05, 0) is 23.3 Å². The number of carbonyl (C=O) groups excluding carboxylic acids is 2. The van der Waals surface area contributed by atoms with E-state index in [0.29, 0.717) is 20.8 Å². The number of thiocarbonyl (C=S) groups is 1. The molecule has 0 bridgehead atoms. The largest absolute Gasteiger partial charge is 0.341 e. The van der Waals surface area contributed by atoms with Gasteiger partial charge in [0.2, 0.25) is 5.91 Å². The van der Waals surface area contributed by atoms with Gasteiger partial charge in [0.25, 0.3) is 5.91 Å². The van der Waals surface area contributed by atoms with Crippen LogP contribution in [0.25, 0.3) is 6.08 Å². The molecule has 2 aromatic carbocycles. The summed E-state index contributed by atoms with van der Waals surface area (Å²) in [5, 5.41) is 0.575. The van der Waals surface area contributed by atoms with Crippen LogP contribution in [0.5, 0.6) is 0 Å².